The van der Waals surface area contributed by atoms with Gasteiger partial charge in [-0.2, -0.15) is 4.31 Å². The Morgan fingerprint density at radius 3 is 2.40 bits per heavy atom. The van der Waals surface area contributed by atoms with Crippen LogP contribution in [0.3, 0.4) is 0 Å². The molecular formula is C30H32F2N4O5S2. The Morgan fingerprint density at radius 2 is 1.77 bits per heavy atom. The van der Waals surface area contributed by atoms with E-state index in [1.165, 1.54) is 33.6 Å². The summed E-state index contributed by atoms with van der Waals surface area (Å²) < 4.78 is 56.0. The van der Waals surface area contributed by atoms with E-state index in [4.69, 9.17) is 0 Å². The molecule has 1 saturated carbocycles. The molecule has 3 aliphatic rings. The highest BCUT2D eigenvalue weighted by Gasteiger charge is 2.44. The minimum Gasteiger partial charge on any atom is -0.477 e. The van der Waals surface area contributed by atoms with Crippen LogP contribution in [-0.4, -0.2) is 73.1 Å². The van der Waals surface area contributed by atoms with Gasteiger partial charge in [0, 0.05) is 24.2 Å². The average Bonchev–Trinajstić information content (AvgIpc) is 3.64. The van der Waals surface area contributed by atoms with Crippen molar-refractivity contribution in [3.8, 4) is 10.4 Å². The topological polar surface area (TPSA) is 111 Å². The second-order valence-electron chi connectivity index (χ2n) is 11.3. The highest BCUT2D eigenvalue weighted by atomic mass is 32.2. The van der Waals surface area contributed by atoms with Crippen molar-refractivity contribution in [1.29, 1.82) is 0 Å². The zero-order valence-corrected chi connectivity index (χ0v) is 25.0. The summed E-state index contributed by atoms with van der Waals surface area (Å²) in [4.78, 5) is 34.3. The van der Waals surface area contributed by atoms with Crippen molar-refractivity contribution >= 4 is 44.7 Å². The van der Waals surface area contributed by atoms with E-state index in [-0.39, 0.29) is 34.5 Å². The third-order valence-electron chi connectivity index (χ3n) is 8.60. The number of carbonyl (C=O) groups is 2. The molecule has 0 radical (unpaired) electrons. The van der Waals surface area contributed by atoms with Gasteiger partial charge >= 0.3 is 5.97 Å². The number of benzene rings is 1. The maximum absolute atomic E-state index is 13.9. The maximum atomic E-state index is 13.9. The Hall–Kier alpha value is -3.42. The number of anilines is 2. The number of thiophene rings is 1. The number of carboxylic acid groups (broad SMARTS) is 1. The van der Waals surface area contributed by atoms with E-state index >= 15 is 0 Å². The smallest absolute Gasteiger partial charge is 0.348 e. The number of amides is 1. The van der Waals surface area contributed by atoms with Gasteiger partial charge in [0.2, 0.25) is 15.9 Å². The number of nitrogens with zero attached hydrogens (tertiary/aromatic N) is 4. The molecule has 6 rings (SSSR count). The van der Waals surface area contributed by atoms with Crippen molar-refractivity contribution in [2.75, 3.05) is 36.0 Å². The number of carbonyl (C=O) groups excluding carboxylic acids is 1. The van der Waals surface area contributed by atoms with Crippen LogP contribution in [0.15, 0.2) is 53.6 Å². The molecule has 2 aromatic heterocycles. The van der Waals surface area contributed by atoms with E-state index in [2.05, 4.69) is 4.98 Å². The number of alkyl halides is 1. The van der Waals surface area contributed by atoms with E-state index < -0.39 is 46.5 Å². The zero-order valence-electron chi connectivity index (χ0n) is 23.4. The van der Waals surface area contributed by atoms with Gasteiger partial charge in [0.15, 0.2) is 0 Å². The first-order valence-electron chi connectivity index (χ1n) is 14.4. The first-order valence-corrected chi connectivity index (χ1v) is 16.7. The van der Waals surface area contributed by atoms with E-state index in [0.29, 0.717) is 29.2 Å². The third-order valence-corrected chi connectivity index (χ3v) is 11.6. The second kappa shape index (κ2) is 11.9. The molecule has 13 heteroatoms. The first kappa shape index (κ1) is 29.6. The molecule has 1 N–H and O–H groups in total. The van der Waals surface area contributed by atoms with Crippen LogP contribution < -0.4 is 9.80 Å². The SMILES string of the molecule is O=C(O)c1sc(-c2ccc(F)cc2)cc1N1C(=O)CN(S(=O)(=O)c2ccc(N3CC[C@H](F)C3)nc2)C[C@H]1C1CCCCC1. The lowest BCUT2D eigenvalue weighted by atomic mass is 9.82. The average molecular weight is 631 g/mol. The van der Waals surface area contributed by atoms with E-state index in [1.807, 2.05) is 0 Å². The summed E-state index contributed by atoms with van der Waals surface area (Å²) in [5.74, 6) is -1.64. The molecule has 1 amide bonds. The largest absolute Gasteiger partial charge is 0.477 e. The minimum absolute atomic E-state index is 0.0108. The lowest BCUT2D eigenvalue weighted by Crippen LogP contribution is -2.60. The van der Waals surface area contributed by atoms with Gasteiger partial charge < -0.3 is 14.9 Å². The van der Waals surface area contributed by atoms with Crippen molar-refractivity contribution in [3.63, 3.8) is 0 Å². The molecule has 43 heavy (non-hydrogen) atoms. The fraction of sp³-hybridized carbons (Fsp3) is 0.433. The van der Waals surface area contributed by atoms with Gasteiger partial charge in [-0.1, -0.05) is 31.4 Å². The molecule has 0 bridgehead atoms. The molecule has 9 nitrogen and oxygen atoms in total. The van der Waals surface area contributed by atoms with E-state index in [1.54, 1.807) is 29.2 Å². The van der Waals surface area contributed by atoms with Gasteiger partial charge in [0.05, 0.1) is 24.8 Å². The molecule has 2 saturated heterocycles. The fourth-order valence-corrected chi connectivity index (χ4v) is 8.75. The van der Waals surface area contributed by atoms with Crippen molar-refractivity contribution in [1.82, 2.24) is 9.29 Å². The van der Waals surface area contributed by atoms with Crippen LogP contribution in [0.4, 0.5) is 20.3 Å². The predicted octanol–water partition coefficient (Wildman–Crippen LogP) is 5.18. The van der Waals surface area contributed by atoms with Crippen LogP contribution in [0, 0.1) is 11.7 Å². The van der Waals surface area contributed by atoms with Crippen molar-refractivity contribution in [2.24, 2.45) is 5.92 Å². The first-order chi connectivity index (χ1) is 20.6. The van der Waals surface area contributed by atoms with Gasteiger partial charge in [-0.25, -0.2) is 27.0 Å². The molecule has 2 atom stereocenters. The minimum atomic E-state index is -4.11. The monoisotopic (exact) mass is 630 g/mol. The number of sulfonamides is 1. The number of hydrogen-bond donors (Lipinski definition) is 1. The van der Waals surface area contributed by atoms with E-state index in [0.717, 1.165) is 43.4 Å². The van der Waals surface area contributed by atoms with Gasteiger partial charge in [-0.3, -0.25) is 4.79 Å². The molecule has 4 heterocycles. The number of aromatic carboxylic acids is 1. The Morgan fingerprint density at radius 1 is 1.02 bits per heavy atom. The van der Waals surface area contributed by atoms with Crippen LogP contribution in [0.5, 0.6) is 0 Å². The van der Waals surface area contributed by atoms with E-state index in [9.17, 15) is 31.9 Å². The zero-order chi connectivity index (χ0) is 30.3. The van der Waals surface area contributed by atoms with Gasteiger partial charge in [0.1, 0.15) is 27.6 Å². The molecule has 2 aliphatic heterocycles. The summed E-state index contributed by atoms with van der Waals surface area (Å²) in [6.07, 6.45) is 5.21. The molecule has 1 aliphatic carbocycles. The molecule has 0 unspecified atom stereocenters. The summed E-state index contributed by atoms with van der Waals surface area (Å²) in [7, 11) is -4.11. The highest BCUT2D eigenvalue weighted by molar-refractivity contribution is 7.89. The molecule has 0 spiro atoms. The normalized spacial score (nSPS) is 22.3. The van der Waals surface area contributed by atoms with Crippen LogP contribution in [0.25, 0.3) is 10.4 Å². The Bertz CT molecular complexity index is 1610. The van der Waals surface area contributed by atoms with Crippen LogP contribution in [0.2, 0.25) is 0 Å². The fourth-order valence-electron chi connectivity index (χ4n) is 6.40. The number of pyridine rings is 1. The Balaban J connectivity index is 1.33. The quantitative estimate of drug-likeness (QED) is 0.383. The highest BCUT2D eigenvalue weighted by Crippen LogP contribution is 2.42. The van der Waals surface area contributed by atoms with Gasteiger partial charge in [0.25, 0.3) is 0 Å². The summed E-state index contributed by atoms with van der Waals surface area (Å²) in [6, 6.07) is 9.76. The standard InChI is InChI=1S/C30H32F2N4O5S2/c31-21-8-6-20(7-9-21)26-14-24(29(42-26)30(38)39)36-25(19-4-2-1-3-5-19)17-35(18-28(36)37)43(40,41)23-10-11-27(33-15-23)34-13-12-22(32)16-34/h6-11,14-15,19,22,25H,1-5,12-13,16-18H2,(H,38,39)/t22-,25-/m0/s1. The lowest BCUT2D eigenvalue weighted by Gasteiger charge is -2.44. The number of aromatic nitrogens is 1. The molecular weight excluding hydrogens is 598 g/mol. The molecule has 228 valence electrons. The number of halogens is 2. The lowest BCUT2D eigenvalue weighted by molar-refractivity contribution is -0.121. The molecule has 1 aromatic carbocycles. The van der Waals surface area contributed by atoms with Crippen molar-refractivity contribution in [2.45, 2.75) is 55.6 Å². The number of hydrogen-bond acceptors (Lipinski definition) is 7. The van der Waals surface area contributed by atoms with Crippen LogP contribution in [-0.2, 0) is 14.8 Å². The van der Waals surface area contributed by atoms with Gasteiger partial charge in [-0.15, -0.1) is 11.3 Å². The van der Waals surface area contributed by atoms with Gasteiger partial charge in [-0.05, 0) is 61.1 Å². The molecule has 3 fully saturated rings. The van der Waals surface area contributed by atoms with Crippen LogP contribution in [0.1, 0.15) is 48.2 Å². The Kier molecular flexibility index (Phi) is 8.22. The second-order valence-corrected chi connectivity index (χ2v) is 14.3. The predicted molar refractivity (Wildman–Crippen MR) is 159 cm³/mol. The number of rotatable bonds is 7. The summed E-state index contributed by atoms with van der Waals surface area (Å²) >= 11 is 1.00. The number of carboxylic acids is 1. The maximum Gasteiger partial charge on any atom is 0.348 e. The summed E-state index contributed by atoms with van der Waals surface area (Å²) in [5.41, 5.74) is 0.854. The van der Waals surface area contributed by atoms with Crippen molar-refractivity contribution in [3.05, 3.63) is 59.4 Å². The Labute approximate surface area is 252 Å². The summed E-state index contributed by atoms with van der Waals surface area (Å²) in [6.45, 7) is 0.271. The summed E-state index contributed by atoms with van der Waals surface area (Å²) in [5, 5.41) is 10.1. The van der Waals surface area contributed by atoms with Crippen molar-refractivity contribution < 1.29 is 31.9 Å². The van der Waals surface area contributed by atoms with Crippen LogP contribution >= 0.6 is 11.3 Å². The molecule has 3 aromatic rings. The third kappa shape index (κ3) is 5.89. The number of piperazine rings is 1.